The second-order valence-corrected chi connectivity index (χ2v) is 6.97. The highest BCUT2D eigenvalue weighted by atomic mass is 32.1. The van der Waals surface area contributed by atoms with Crippen molar-refractivity contribution >= 4 is 11.3 Å². The highest BCUT2D eigenvalue weighted by Crippen LogP contribution is 2.26. The summed E-state index contributed by atoms with van der Waals surface area (Å²) in [6, 6.07) is 6.79. The Balaban J connectivity index is 1.64. The standard InChI is InChI=1S/C17H22FN3OS/c1-20(2)10-14-11-21(7-8-22-14)9-13-12-23-17(19-13)15-5-3-4-6-16(15)18/h3-6,12,14H,7-11H2,1-2H3/t14-/m1/s1. The summed E-state index contributed by atoms with van der Waals surface area (Å²) in [5.41, 5.74) is 1.58. The molecule has 1 saturated heterocycles. The molecule has 1 atom stereocenters. The molecule has 0 saturated carbocycles. The molecule has 0 spiro atoms. The number of ether oxygens (including phenoxy) is 1. The van der Waals surface area contributed by atoms with Gasteiger partial charge in [-0.3, -0.25) is 4.90 Å². The molecule has 0 aliphatic carbocycles. The molecule has 0 bridgehead atoms. The topological polar surface area (TPSA) is 28.6 Å². The lowest BCUT2D eigenvalue weighted by Gasteiger charge is -2.33. The Hall–Kier alpha value is -1.34. The molecule has 0 unspecified atom stereocenters. The Bertz CT molecular complexity index is 646. The van der Waals surface area contributed by atoms with Crippen molar-refractivity contribution < 1.29 is 9.13 Å². The summed E-state index contributed by atoms with van der Waals surface area (Å²) in [7, 11) is 4.12. The highest BCUT2D eigenvalue weighted by molar-refractivity contribution is 7.13. The average molecular weight is 335 g/mol. The van der Waals surface area contributed by atoms with Crippen LogP contribution in [0.25, 0.3) is 10.6 Å². The van der Waals surface area contributed by atoms with Crippen molar-refractivity contribution in [2.75, 3.05) is 40.3 Å². The quantitative estimate of drug-likeness (QED) is 0.840. The zero-order valence-corrected chi connectivity index (χ0v) is 14.4. The maximum absolute atomic E-state index is 13.9. The molecule has 6 heteroatoms. The Kier molecular flexibility index (Phi) is 5.38. The number of nitrogens with zero attached hydrogens (tertiary/aromatic N) is 3. The predicted molar refractivity (Wildman–Crippen MR) is 91.1 cm³/mol. The normalized spacial score (nSPS) is 19.4. The van der Waals surface area contributed by atoms with Crippen LogP contribution in [-0.2, 0) is 11.3 Å². The number of hydrogen-bond donors (Lipinski definition) is 0. The number of halogens is 1. The van der Waals surface area contributed by atoms with E-state index >= 15 is 0 Å². The SMILES string of the molecule is CN(C)C[C@@H]1CN(Cc2csc(-c3ccccc3F)n2)CCO1. The summed E-state index contributed by atoms with van der Waals surface area (Å²) in [4.78, 5) is 9.11. The zero-order chi connectivity index (χ0) is 16.2. The first-order chi connectivity index (χ1) is 11.1. The van der Waals surface area contributed by atoms with Crippen LogP contribution in [0.15, 0.2) is 29.6 Å². The van der Waals surface area contributed by atoms with E-state index in [-0.39, 0.29) is 11.9 Å². The van der Waals surface area contributed by atoms with E-state index in [0.717, 1.165) is 43.5 Å². The molecule has 4 nitrogen and oxygen atoms in total. The van der Waals surface area contributed by atoms with E-state index in [2.05, 4.69) is 28.9 Å². The lowest BCUT2D eigenvalue weighted by Crippen LogP contribution is -2.46. The van der Waals surface area contributed by atoms with Crippen LogP contribution in [-0.4, -0.2) is 61.2 Å². The van der Waals surface area contributed by atoms with Gasteiger partial charge in [-0.25, -0.2) is 9.37 Å². The van der Waals surface area contributed by atoms with E-state index in [1.165, 1.54) is 17.4 Å². The summed E-state index contributed by atoms with van der Waals surface area (Å²) in [5, 5.41) is 2.77. The van der Waals surface area contributed by atoms with Gasteiger partial charge in [0.2, 0.25) is 0 Å². The van der Waals surface area contributed by atoms with E-state index in [0.29, 0.717) is 5.56 Å². The van der Waals surface area contributed by atoms with Crippen molar-refractivity contribution in [1.82, 2.24) is 14.8 Å². The fraction of sp³-hybridized carbons (Fsp3) is 0.471. The van der Waals surface area contributed by atoms with Crippen molar-refractivity contribution in [3.8, 4) is 10.6 Å². The molecule has 1 aromatic heterocycles. The molecule has 1 aliphatic rings. The molecule has 124 valence electrons. The minimum Gasteiger partial charge on any atom is -0.374 e. The van der Waals surface area contributed by atoms with Crippen LogP contribution in [0.5, 0.6) is 0 Å². The van der Waals surface area contributed by atoms with Gasteiger partial charge >= 0.3 is 0 Å². The summed E-state index contributed by atoms with van der Waals surface area (Å²) in [5.74, 6) is -0.217. The van der Waals surface area contributed by atoms with Crippen molar-refractivity contribution in [2.24, 2.45) is 0 Å². The summed E-state index contributed by atoms with van der Waals surface area (Å²) >= 11 is 1.50. The Morgan fingerprint density at radius 1 is 1.39 bits per heavy atom. The number of rotatable bonds is 5. The minimum absolute atomic E-state index is 0.217. The van der Waals surface area contributed by atoms with Gasteiger partial charge in [0.15, 0.2) is 0 Å². The van der Waals surface area contributed by atoms with Crippen LogP contribution in [0.1, 0.15) is 5.69 Å². The van der Waals surface area contributed by atoms with Gasteiger partial charge in [0.05, 0.1) is 18.4 Å². The second kappa shape index (κ2) is 7.49. The average Bonchev–Trinajstić information content (AvgIpc) is 2.95. The van der Waals surface area contributed by atoms with Crippen LogP contribution >= 0.6 is 11.3 Å². The smallest absolute Gasteiger partial charge is 0.133 e. The number of morpholine rings is 1. The number of likely N-dealkylation sites (N-methyl/N-ethyl adjacent to an activating group) is 1. The number of benzene rings is 1. The molecular formula is C17H22FN3OS. The molecule has 1 fully saturated rings. The number of aromatic nitrogens is 1. The molecule has 0 N–H and O–H groups in total. The van der Waals surface area contributed by atoms with Gasteiger partial charge in [-0.15, -0.1) is 11.3 Å². The van der Waals surface area contributed by atoms with Crippen molar-refractivity contribution in [3.63, 3.8) is 0 Å². The molecule has 2 aromatic rings. The molecule has 1 aromatic carbocycles. The number of hydrogen-bond acceptors (Lipinski definition) is 5. The molecule has 2 heterocycles. The lowest BCUT2D eigenvalue weighted by molar-refractivity contribution is -0.0409. The molecule has 0 radical (unpaired) electrons. The zero-order valence-electron chi connectivity index (χ0n) is 13.5. The van der Waals surface area contributed by atoms with Crippen molar-refractivity contribution in [2.45, 2.75) is 12.6 Å². The maximum Gasteiger partial charge on any atom is 0.133 e. The van der Waals surface area contributed by atoms with Gasteiger partial charge in [-0.2, -0.15) is 0 Å². The highest BCUT2D eigenvalue weighted by Gasteiger charge is 2.21. The first-order valence-electron chi connectivity index (χ1n) is 7.80. The van der Waals surface area contributed by atoms with Crippen LogP contribution in [0.3, 0.4) is 0 Å². The first-order valence-corrected chi connectivity index (χ1v) is 8.68. The maximum atomic E-state index is 13.9. The van der Waals surface area contributed by atoms with Crippen LogP contribution < -0.4 is 0 Å². The van der Waals surface area contributed by atoms with Gasteiger partial charge < -0.3 is 9.64 Å². The Labute approximate surface area is 140 Å². The summed E-state index contributed by atoms with van der Waals surface area (Å²) in [6.07, 6.45) is 0.239. The van der Waals surface area contributed by atoms with Gasteiger partial charge in [0, 0.05) is 37.1 Å². The lowest BCUT2D eigenvalue weighted by atomic mass is 10.2. The second-order valence-electron chi connectivity index (χ2n) is 6.11. The molecule has 3 rings (SSSR count). The Morgan fingerprint density at radius 2 is 2.22 bits per heavy atom. The van der Waals surface area contributed by atoms with Gasteiger partial charge in [0.25, 0.3) is 0 Å². The van der Waals surface area contributed by atoms with Gasteiger partial charge in [-0.1, -0.05) is 12.1 Å². The molecular weight excluding hydrogens is 313 g/mol. The molecule has 23 heavy (non-hydrogen) atoms. The van der Waals surface area contributed by atoms with Crippen LogP contribution in [0.4, 0.5) is 4.39 Å². The molecule has 1 aliphatic heterocycles. The molecule has 0 amide bonds. The predicted octanol–water partition coefficient (Wildman–Crippen LogP) is 2.71. The van der Waals surface area contributed by atoms with E-state index in [1.807, 2.05) is 11.4 Å². The third-order valence-electron chi connectivity index (χ3n) is 3.83. The van der Waals surface area contributed by atoms with Crippen LogP contribution in [0, 0.1) is 5.82 Å². The fourth-order valence-electron chi connectivity index (χ4n) is 2.81. The van der Waals surface area contributed by atoms with Crippen molar-refractivity contribution in [1.29, 1.82) is 0 Å². The largest absolute Gasteiger partial charge is 0.374 e. The third-order valence-corrected chi connectivity index (χ3v) is 4.76. The van der Waals surface area contributed by atoms with Crippen LogP contribution in [0.2, 0.25) is 0 Å². The minimum atomic E-state index is -0.217. The summed E-state index contributed by atoms with van der Waals surface area (Å²) < 4.78 is 19.6. The van der Waals surface area contributed by atoms with Gasteiger partial charge in [0.1, 0.15) is 10.8 Å². The number of thiazole rings is 1. The fourth-order valence-corrected chi connectivity index (χ4v) is 3.65. The Morgan fingerprint density at radius 3 is 3.00 bits per heavy atom. The van der Waals surface area contributed by atoms with E-state index in [4.69, 9.17) is 4.74 Å². The summed E-state index contributed by atoms with van der Waals surface area (Å²) in [6.45, 7) is 4.29. The van der Waals surface area contributed by atoms with E-state index < -0.39 is 0 Å². The van der Waals surface area contributed by atoms with Crippen molar-refractivity contribution in [3.05, 3.63) is 41.2 Å². The van der Waals surface area contributed by atoms with E-state index in [1.54, 1.807) is 12.1 Å². The monoisotopic (exact) mass is 335 g/mol. The first kappa shape index (κ1) is 16.5. The van der Waals surface area contributed by atoms with Gasteiger partial charge in [-0.05, 0) is 26.2 Å². The third kappa shape index (κ3) is 4.35. The van der Waals surface area contributed by atoms with E-state index in [9.17, 15) is 4.39 Å².